The quantitative estimate of drug-likeness (QED) is 0.253. The van der Waals surface area contributed by atoms with Gasteiger partial charge in [-0.3, -0.25) is 14.9 Å². The number of hydrogen-bond acceptors (Lipinski definition) is 5. The van der Waals surface area contributed by atoms with E-state index < -0.39 is 10.7 Å². The van der Waals surface area contributed by atoms with Crippen molar-refractivity contribution in [2.24, 2.45) is 0 Å². The number of rotatable bonds is 7. The van der Waals surface area contributed by atoms with Crippen LogP contribution in [0.2, 0.25) is 0 Å². The Labute approximate surface area is 115 Å². The Kier molecular flexibility index (Phi) is 5.57. The summed E-state index contributed by atoms with van der Waals surface area (Å²) < 4.78 is 10.4. The lowest BCUT2D eigenvalue weighted by atomic mass is 10.1. The topological polar surface area (TPSA) is 78.7 Å². The van der Waals surface area contributed by atoms with E-state index in [9.17, 15) is 14.9 Å². The average molecular weight is 288 g/mol. The fourth-order valence-corrected chi connectivity index (χ4v) is 1.60. The van der Waals surface area contributed by atoms with Crippen molar-refractivity contribution in [2.75, 3.05) is 19.6 Å². The number of ketones is 1. The van der Waals surface area contributed by atoms with Gasteiger partial charge in [0.05, 0.1) is 30.3 Å². The molecule has 0 spiro atoms. The molecule has 0 aliphatic heterocycles. The van der Waals surface area contributed by atoms with Crippen LogP contribution in [0.3, 0.4) is 0 Å². The molecular weight excluding hydrogens is 274 g/mol. The minimum absolute atomic E-state index is 0.00783. The molecule has 0 saturated heterocycles. The molecule has 0 saturated carbocycles. The summed E-state index contributed by atoms with van der Waals surface area (Å²) in [4.78, 5) is 21.7. The number of hydrogen-bond donors (Lipinski definition) is 0. The van der Waals surface area contributed by atoms with E-state index in [1.807, 2.05) is 0 Å². The minimum atomic E-state index is -0.620. The Morgan fingerprint density at radius 3 is 2.58 bits per heavy atom. The molecule has 0 heterocycles. The summed E-state index contributed by atoms with van der Waals surface area (Å²) >= 11 is 5.53. The molecule has 104 valence electrons. The van der Waals surface area contributed by atoms with Gasteiger partial charge < -0.3 is 9.47 Å². The second-order valence-electron chi connectivity index (χ2n) is 3.72. The van der Waals surface area contributed by atoms with Gasteiger partial charge in [-0.05, 0) is 13.3 Å². The normalized spacial score (nSPS) is 10.1. The zero-order valence-corrected chi connectivity index (χ0v) is 11.4. The number of nitro groups is 1. The lowest BCUT2D eigenvalue weighted by molar-refractivity contribution is -0.385. The smallest absolute Gasteiger partial charge is 0.284 e. The molecule has 0 fully saturated rings. The van der Waals surface area contributed by atoms with Crippen molar-refractivity contribution in [1.29, 1.82) is 0 Å². The third-order valence-corrected chi connectivity index (χ3v) is 2.66. The SMILES string of the molecule is COc1cc(C(C)=O)c([N+](=O)[O-])cc1OCCCCl. The van der Waals surface area contributed by atoms with E-state index in [0.717, 1.165) is 0 Å². The third-order valence-electron chi connectivity index (χ3n) is 2.39. The van der Waals surface area contributed by atoms with Crippen LogP contribution >= 0.6 is 11.6 Å². The van der Waals surface area contributed by atoms with Gasteiger partial charge in [-0.15, -0.1) is 11.6 Å². The fourth-order valence-electron chi connectivity index (χ4n) is 1.49. The van der Waals surface area contributed by atoms with Crippen molar-refractivity contribution in [2.45, 2.75) is 13.3 Å². The minimum Gasteiger partial charge on any atom is -0.493 e. The van der Waals surface area contributed by atoms with E-state index in [1.165, 1.54) is 26.2 Å². The summed E-state index contributed by atoms with van der Waals surface area (Å²) in [7, 11) is 1.40. The molecule has 1 aromatic carbocycles. The Morgan fingerprint density at radius 1 is 1.42 bits per heavy atom. The van der Waals surface area contributed by atoms with Crippen LogP contribution in [0.5, 0.6) is 11.5 Å². The molecule has 0 amide bonds. The van der Waals surface area contributed by atoms with Gasteiger partial charge in [0.15, 0.2) is 17.3 Å². The molecule has 0 N–H and O–H groups in total. The van der Waals surface area contributed by atoms with E-state index in [0.29, 0.717) is 18.9 Å². The Hall–Kier alpha value is -1.82. The van der Waals surface area contributed by atoms with Gasteiger partial charge in [-0.1, -0.05) is 0 Å². The molecule has 1 rings (SSSR count). The van der Waals surface area contributed by atoms with Gasteiger partial charge in [0.25, 0.3) is 5.69 Å². The van der Waals surface area contributed by atoms with Crippen molar-refractivity contribution in [1.82, 2.24) is 0 Å². The Morgan fingerprint density at radius 2 is 2.11 bits per heavy atom. The van der Waals surface area contributed by atoms with Crippen LogP contribution in [0.4, 0.5) is 5.69 Å². The molecule has 6 nitrogen and oxygen atoms in total. The van der Waals surface area contributed by atoms with E-state index in [2.05, 4.69) is 0 Å². The number of halogens is 1. The number of ether oxygens (including phenoxy) is 2. The van der Waals surface area contributed by atoms with Gasteiger partial charge in [0.1, 0.15) is 0 Å². The first-order chi connectivity index (χ1) is 9.01. The number of carbonyl (C=O) groups excluding carboxylic acids is 1. The monoisotopic (exact) mass is 287 g/mol. The molecule has 0 atom stereocenters. The van der Waals surface area contributed by atoms with Crippen molar-refractivity contribution >= 4 is 23.1 Å². The fraction of sp³-hybridized carbons (Fsp3) is 0.417. The van der Waals surface area contributed by atoms with Gasteiger partial charge in [-0.25, -0.2) is 0 Å². The summed E-state index contributed by atoms with van der Waals surface area (Å²) in [5, 5.41) is 10.9. The number of methoxy groups -OCH3 is 1. The highest BCUT2D eigenvalue weighted by Crippen LogP contribution is 2.35. The first-order valence-electron chi connectivity index (χ1n) is 5.57. The molecule has 1 aromatic rings. The predicted octanol–water partition coefficient (Wildman–Crippen LogP) is 2.81. The van der Waals surface area contributed by atoms with Crippen LogP contribution in [0.1, 0.15) is 23.7 Å². The largest absolute Gasteiger partial charge is 0.493 e. The van der Waals surface area contributed by atoms with Crippen molar-refractivity contribution in [3.63, 3.8) is 0 Å². The van der Waals surface area contributed by atoms with Crippen LogP contribution in [0.25, 0.3) is 0 Å². The lowest BCUT2D eigenvalue weighted by Crippen LogP contribution is -2.05. The second kappa shape index (κ2) is 6.94. The van der Waals surface area contributed by atoms with Crippen LogP contribution < -0.4 is 9.47 Å². The highest BCUT2D eigenvalue weighted by molar-refractivity contribution is 6.17. The molecule has 0 aliphatic rings. The number of nitrogens with zero attached hydrogens (tertiary/aromatic N) is 1. The predicted molar refractivity (Wildman–Crippen MR) is 70.5 cm³/mol. The van der Waals surface area contributed by atoms with Crippen LogP contribution in [-0.4, -0.2) is 30.3 Å². The lowest BCUT2D eigenvalue weighted by Gasteiger charge is -2.11. The van der Waals surface area contributed by atoms with Crippen LogP contribution in [0.15, 0.2) is 12.1 Å². The second-order valence-corrected chi connectivity index (χ2v) is 4.10. The van der Waals surface area contributed by atoms with Crippen molar-refractivity contribution in [3.05, 3.63) is 27.8 Å². The Bertz CT molecular complexity index is 489. The maximum Gasteiger partial charge on any atom is 0.284 e. The van der Waals surface area contributed by atoms with E-state index in [4.69, 9.17) is 21.1 Å². The molecule has 7 heteroatoms. The van der Waals surface area contributed by atoms with Crippen LogP contribution in [-0.2, 0) is 0 Å². The molecule has 19 heavy (non-hydrogen) atoms. The number of nitro benzene ring substituents is 1. The molecule has 0 aliphatic carbocycles. The number of alkyl halides is 1. The maximum absolute atomic E-state index is 11.4. The molecule has 0 bridgehead atoms. The molecule has 0 unspecified atom stereocenters. The summed E-state index contributed by atoms with van der Waals surface area (Å²) in [6, 6.07) is 2.51. The first kappa shape index (κ1) is 15.2. The van der Waals surface area contributed by atoms with Gasteiger partial charge in [-0.2, -0.15) is 0 Å². The van der Waals surface area contributed by atoms with E-state index >= 15 is 0 Å². The standard InChI is InChI=1S/C12H14ClNO5/c1-8(15)9-6-11(18-2)12(19-5-3-4-13)7-10(9)14(16)17/h6-7H,3-5H2,1-2H3. The molecule has 0 aromatic heterocycles. The van der Waals surface area contributed by atoms with E-state index in [1.54, 1.807) is 0 Å². The number of Topliss-reactive ketones (excluding diaryl/α,β-unsaturated/α-hetero) is 1. The maximum atomic E-state index is 11.4. The zero-order valence-electron chi connectivity index (χ0n) is 10.6. The van der Waals surface area contributed by atoms with Gasteiger partial charge in [0.2, 0.25) is 0 Å². The number of carbonyl (C=O) groups is 1. The van der Waals surface area contributed by atoms with Crippen molar-refractivity contribution in [3.8, 4) is 11.5 Å². The summed E-state index contributed by atoms with van der Waals surface area (Å²) in [6.07, 6.45) is 0.604. The van der Waals surface area contributed by atoms with Gasteiger partial charge >= 0.3 is 0 Å². The zero-order chi connectivity index (χ0) is 14.4. The highest BCUT2D eigenvalue weighted by Gasteiger charge is 2.22. The van der Waals surface area contributed by atoms with Crippen molar-refractivity contribution < 1.29 is 19.2 Å². The van der Waals surface area contributed by atoms with Crippen LogP contribution in [0, 0.1) is 10.1 Å². The molecule has 0 radical (unpaired) electrons. The van der Waals surface area contributed by atoms with E-state index in [-0.39, 0.29) is 22.7 Å². The number of benzene rings is 1. The highest BCUT2D eigenvalue weighted by atomic mass is 35.5. The first-order valence-corrected chi connectivity index (χ1v) is 6.10. The summed E-state index contributed by atoms with van der Waals surface area (Å²) in [5.74, 6) is 0.530. The summed E-state index contributed by atoms with van der Waals surface area (Å²) in [6.45, 7) is 1.58. The summed E-state index contributed by atoms with van der Waals surface area (Å²) in [5.41, 5.74) is -0.305. The van der Waals surface area contributed by atoms with Gasteiger partial charge in [0, 0.05) is 11.9 Å². The Balaban J connectivity index is 3.19. The molecular formula is C12H14ClNO5. The third kappa shape index (κ3) is 3.82. The average Bonchev–Trinajstić information content (AvgIpc) is 2.38.